The number of carbonyl (C=O) groups is 1. The van der Waals surface area contributed by atoms with E-state index in [0.717, 1.165) is 0 Å². The van der Waals surface area contributed by atoms with Crippen LogP contribution in [0, 0.1) is 12.7 Å². The van der Waals surface area contributed by atoms with E-state index in [2.05, 4.69) is 0 Å². The highest BCUT2D eigenvalue weighted by Crippen LogP contribution is 2.33. The summed E-state index contributed by atoms with van der Waals surface area (Å²) in [5, 5.41) is 8.43. The molecule has 0 saturated heterocycles. The third kappa shape index (κ3) is 3.44. The van der Waals surface area contributed by atoms with Crippen molar-refractivity contribution in [3.63, 3.8) is 0 Å². The lowest BCUT2D eigenvalue weighted by Crippen LogP contribution is -2.10. The lowest BCUT2D eigenvalue weighted by Gasteiger charge is -2.12. The topological polar surface area (TPSA) is 37.3 Å². The molecule has 0 aromatic heterocycles. The van der Waals surface area contributed by atoms with Crippen LogP contribution in [0.25, 0.3) is 0 Å². The molecule has 0 heterocycles. The van der Waals surface area contributed by atoms with Gasteiger partial charge in [-0.15, -0.1) is 0 Å². The number of carboxylic acids is 1. The Bertz CT molecular complexity index is 438. The number of hydrogen-bond donors (Lipinski definition) is 1. The largest absolute Gasteiger partial charge is 0.481 e. The van der Waals surface area contributed by atoms with E-state index in [0.29, 0.717) is 6.07 Å². The van der Waals surface area contributed by atoms with Gasteiger partial charge in [0.05, 0.1) is 5.56 Å². The fourth-order valence-electron chi connectivity index (χ4n) is 1.45. The lowest BCUT2D eigenvalue weighted by molar-refractivity contribution is -0.140. The van der Waals surface area contributed by atoms with Gasteiger partial charge in [0.2, 0.25) is 0 Å². The van der Waals surface area contributed by atoms with Crippen molar-refractivity contribution in [3.8, 4) is 0 Å². The van der Waals surface area contributed by atoms with Crippen LogP contribution in [-0.4, -0.2) is 11.1 Å². The SMILES string of the molecule is Cc1cc(CCC(=O)O)cc(C(F)(F)F)c1F. The highest BCUT2D eigenvalue weighted by molar-refractivity contribution is 5.67. The Hall–Kier alpha value is -1.59. The maximum absolute atomic E-state index is 13.2. The van der Waals surface area contributed by atoms with Gasteiger partial charge in [0.1, 0.15) is 5.82 Å². The Kier molecular flexibility index (Phi) is 3.75. The maximum Gasteiger partial charge on any atom is 0.419 e. The van der Waals surface area contributed by atoms with E-state index in [1.165, 1.54) is 13.0 Å². The van der Waals surface area contributed by atoms with Crippen LogP contribution in [0.4, 0.5) is 17.6 Å². The molecular weight excluding hydrogens is 240 g/mol. The van der Waals surface area contributed by atoms with Crippen molar-refractivity contribution in [2.75, 3.05) is 0 Å². The molecule has 0 amide bonds. The summed E-state index contributed by atoms with van der Waals surface area (Å²) < 4.78 is 50.6. The molecule has 0 aliphatic heterocycles. The fraction of sp³-hybridized carbons (Fsp3) is 0.364. The molecule has 94 valence electrons. The molecule has 17 heavy (non-hydrogen) atoms. The molecule has 0 fully saturated rings. The van der Waals surface area contributed by atoms with Gasteiger partial charge >= 0.3 is 12.1 Å². The van der Waals surface area contributed by atoms with Crippen LogP contribution in [0.15, 0.2) is 12.1 Å². The van der Waals surface area contributed by atoms with Gasteiger partial charge in [-0.25, -0.2) is 4.39 Å². The molecular formula is C11H10F4O2. The van der Waals surface area contributed by atoms with Crippen molar-refractivity contribution in [2.45, 2.75) is 25.9 Å². The number of rotatable bonds is 3. The molecule has 0 atom stereocenters. The third-order valence-electron chi connectivity index (χ3n) is 2.25. The molecule has 0 unspecified atom stereocenters. The zero-order valence-corrected chi connectivity index (χ0v) is 8.94. The quantitative estimate of drug-likeness (QED) is 0.836. The van der Waals surface area contributed by atoms with Crippen LogP contribution in [-0.2, 0) is 17.4 Å². The molecule has 0 saturated carbocycles. The predicted octanol–water partition coefficient (Wildman–Crippen LogP) is 3.17. The van der Waals surface area contributed by atoms with Gasteiger partial charge in [-0.3, -0.25) is 4.79 Å². The first-order chi connectivity index (χ1) is 7.71. The Labute approximate surface area is 94.9 Å². The summed E-state index contributed by atoms with van der Waals surface area (Å²) in [6.45, 7) is 1.22. The summed E-state index contributed by atoms with van der Waals surface area (Å²) in [4.78, 5) is 10.3. The number of benzene rings is 1. The highest BCUT2D eigenvalue weighted by atomic mass is 19.4. The van der Waals surface area contributed by atoms with Crippen molar-refractivity contribution >= 4 is 5.97 Å². The van der Waals surface area contributed by atoms with Gasteiger partial charge in [-0.05, 0) is 30.5 Å². The second-order valence-electron chi connectivity index (χ2n) is 3.67. The summed E-state index contributed by atoms with van der Waals surface area (Å²) in [7, 11) is 0. The Morgan fingerprint density at radius 2 is 1.94 bits per heavy atom. The molecule has 1 rings (SSSR count). The number of aliphatic carboxylic acids is 1. The zero-order valence-electron chi connectivity index (χ0n) is 8.94. The minimum Gasteiger partial charge on any atom is -0.481 e. The van der Waals surface area contributed by atoms with Gasteiger partial charge in [0, 0.05) is 6.42 Å². The second kappa shape index (κ2) is 4.73. The summed E-state index contributed by atoms with van der Waals surface area (Å²) >= 11 is 0. The van der Waals surface area contributed by atoms with Gasteiger partial charge in [-0.1, -0.05) is 6.07 Å². The molecule has 0 aliphatic carbocycles. The molecule has 1 aromatic rings. The summed E-state index contributed by atoms with van der Waals surface area (Å²) in [6, 6.07) is 1.89. The van der Waals surface area contributed by atoms with E-state index in [-0.39, 0.29) is 24.0 Å². The predicted molar refractivity (Wildman–Crippen MR) is 52.1 cm³/mol. The van der Waals surface area contributed by atoms with Gasteiger partial charge in [0.25, 0.3) is 0 Å². The standard InChI is InChI=1S/C11H10F4O2/c1-6-4-7(2-3-9(16)17)5-8(10(6)12)11(13,14)15/h4-5H,2-3H2,1H3,(H,16,17). The average Bonchev–Trinajstić information content (AvgIpc) is 2.17. The van der Waals surface area contributed by atoms with E-state index in [4.69, 9.17) is 5.11 Å². The Balaban J connectivity index is 3.11. The van der Waals surface area contributed by atoms with Gasteiger partial charge < -0.3 is 5.11 Å². The van der Waals surface area contributed by atoms with E-state index >= 15 is 0 Å². The van der Waals surface area contributed by atoms with Crippen molar-refractivity contribution in [2.24, 2.45) is 0 Å². The number of halogens is 4. The van der Waals surface area contributed by atoms with Crippen molar-refractivity contribution in [1.29, 1.82) is 0 Å². The first kappa shape index (κ1) is 13.5. The van der Waals surface area contributed by atoms with Crippen LogP contribution in [0.5, 0.6) is 0 Å². The summed E-state index contributed by atoms with van der Waals surface area (Å²) in [5.41, 5.74) is -1.32. The Morgan fingerprint density at radius 3 is 2.41 bits per heavy atom. The number of alkyl halides is 3. The van der Waals surface area contributed by atoms with Crippen molar-refractivity contribution < 1.29 is 27.5 Å². The van der Waals surface area contributed by atoms with E-state index in [1.54, 1.807) is 0 Å². The van der Waals surface area contributed by atoms with Crippen molar-refractivity contribution in [1.82, 2.24) is 0 Å². The molecule has 0 bridgehead atoms. The van der Waals surface area contributed by atoms with Gasteiger partial charge in [0.15, 0.2) is 0 Å². The molecule has 6 heteroatoms. The maximum atomic E-state index is 13.2. The van der Waals surface area contributed by atoms with Crippen molar-refractivity contribution in [3.05, 3.63) is 34.6 Å². The molecule has 0 spiro atoms. The van der Waals surface area contributed by atoms with Crippen LogP contribution in [0.2, 0.25) is 0 Å². The normalized spacial score (nSPS) is 11.6. The second-order valence-corrected chi connectivity index (χ2v) is 3.67. The van der Waals surface area contributed by atoms with E-state index in [1.807, 2.05) is 0 Å². The zero-order chi connectivity index (χ0) is 13.2. The molecule has 1 aromatic carbocycles. The number of carboxylic acid groups (broad SMARTS) is 1. The average molecular weight is 250 g/mol. The minimum absolute atomic E-state index is 0.0560. The number of hydrogen-bond acceptors (Lipinski definition) is 1. The third-order valence-corrected chi connectivity index (χ3v) is 2.25. The summed E-state index contributed by atoms with van der Waals surface area (Å²) in [5.74, 6) is -2.42. The highest BCUT2D eigenvalue weighted by Gasteiger charge is 2.35. The first-order valence-corrected chi connectivity index (χ1v) is 4.80. The smallest absolute Gasteiger partial charge is 0.419 e. The van der Waals surface area contributed by atoms with Crippen LogP contribution in [0.3, 0.4) is 0 Å². The van der Waals surface area contributed by atoms with E-state index in [9.17, 15) is 22.4 Å². The summed E-state index contributed by atoms with van der Waals surface area (Å²) in [6.07, 6.45) is -5.12. The Morgan fingerprint density at radius 1 is 1.35 bits per heavy atom. The van der Waals surface area contributed by atoms with Crippen LogP contribution in [0.1, 0.15) is 23.1 Å². The van der Waals surface area contributed by atoms with Gasteiger partial charge in [-0.2, -0.15) is 13.2 Å². The lowest BCUT2D eigenvalue weighted by atomic mass is 10.0. The molecule has 0 radical (unpaired) electrons. The van der Waals surface area contributed by atoms with Crippen LogP contribution < -0.4 is 0 Å². The van der Waals surface area contributed by atoms with Crippen LogP contribution >= 0.6 is 0 Å². The minimum atomic E-state index is -4.77. The molecule has 1 N–H and O–H groups in total. The monoisotopic (exact) mass is 250 g/mol. The number of aryl methyl sites for hydroxylation is 2. The first-order valence-electron chi connectivity index (χ1n) is 4.80. The molecule has 0 aliphatic rings. The fourth-order valence-corrected chi connectivity index (χ4v) is 1.45. The van der Waals surface area contributed by atoms with E-state index < -0.39 is 23.5 Å². The molecule has 2 nitrogen and oxygen atoms in total.